The van der Waals surface area contributed by atoms with Crippen molar-refractivity contribution in [2.45, 2.75) is 26.4 Å². The van der Waals surface area contributed by atoms with Crippen LogP contribution in [0, 0.1) is 4.64 Å². The Morgan fingerprint density at radius 1 is 1.28 bits per heavy atom. The second-order valence-electron chi connectivity index (χ2n) is 4.38. The molecule has 18 heavy (non-hydrogen) atoms. The topological polar surface area (TPSA) is 37.9 Å². The summed E-state index contributed by atoms with van der Waals surface area (Å²) in [4.78, 5) is 7.52. The van der Waals surface area contributed by atoms with E-state index >= 15 is 0 Å². The number of aromatic amines is 1. The number of rotatable bonds is 4. The van der Waals surface area contributed by atoms with Crippen LogP contribution in [-0.4, -0.2) is 9.97 Å². The van der Waals surface area contributed by atoms with Crippen LogP contribution in [-0.2, 0) is 6.61 Å². The minimum atomic E-state index is 0.394. The molecular formula is C14H16N2OS. The molecule has 0 saturated heterocycles. The van der Waals surface area contributed by atoms with Gasteiger partial charge in [-0.25, -0.2) is 4.98 Å². The van der Waals surface area contributed by atoms with Gasteiger partial charge in [0.25, 0.3) is 0 Å². The average molecular weight is 260 g/mol. The average Bonchev–Trinajstić information content (AvgIpc) is 2.37. The number of ether oxygens (including phenoxy) is 1. The van der Waals surface area contributed by atoms with E-state index in [-0.39, 0.29) is 0 Å². The number of hydrogen-bond acceptors (Lipinski definition) is 3. The molecule has 2 rings (SSSR count). The van der Waals surface area contributed by atoms with Gasteiger partial charge in [0.05, 0.1) is 0 Å². The molecule has 0 radical (unpaired) electrons. The highest BCUT2D eigenvalue weighted by Crippen LogP contribution is 2.13. The standard InChI is InChI=1S/C14H16N2OS/c1-10(2)12-8-14(18)16-13(15-12)9-17-11-6-4-3-5-7-11/h3-8,10H,9H2,1-2H3,(H,15,16,18). The van der Waals surface area contributed by atoms with Gasteiger partial charge in [-0.05, 0) is 24.1 Å². The summed E-state index contributed by atoms with van der Waals surface area (Å²) >= 11 is 5.15. The van der Waals surface area contributed by atoms with E-state index in [1.54, 1.807) is 0 Å². The van der Waals surface area contributed by atoms with Crippen LogP contribution < -0.4 is 4.74 Å². The monoisotopic (exact) mass is 260 g/mol. The minimum Gasteiger partial charge on any atom is -0.486 e. The Hall–Kier alpha value is -1.68. The van der Waals surface area contributed by atoms with E-state index in [0.29, 0.717) is 17.2 Å². The van der Waals surface area contributed by atoms with E-state index in [2.05, 4.69) is 23.8 Å². The van der Waals surface area contributed by atoms with Crippen molar-refractivity contribution in [1.82, 2.24) is 9.97 Å². The van der Waals surface area contributed by atoms with Crippen molar-refractivity contribution in [2.75, 3.05) is 0 Å². The predicted molar refractivity (Wildman–Crippen MR) is 74.3 cm³/mol. The van der Waals surface area contributed by atoms with Crippen LogP contribution in [0.15, 0.2) is 36.4 Å². The van der Waals surface area contributed by atoms with Crippen LogP contribution in [0.5, 0.6) is 5.75 Å². The Labute approximate surface area is 112 Å². The summed E-state index contributed by atoms with van der Waals surface area (Å²) in [5, 5.41) is 0. The number of nitrogens with zero attached hydrogens (tertiary/aromatic N) is 1. The van der Waals surface area contributed by atoms with E-state index in [1.165, 1.54) is 0 Å². The fraction of sp³-hybridized carbons (Fsp3) is 0.286. The van der Waals surface area contributed by atoms with Crippen LogP contribution in [0.3, 0.4) is 0 Å². The Morgan fingerprint density at radius 3 is 2.67 bits per heavy atom. The van der Waals surface area contributed by atoms with Gasteiger partial charge in [-0.2, -0.15) is 0 Å². The number of hydrogen-bond donors (Lipinski definition) is 1. The molecule has 0 spiro atoms. The Kier molecular flexibility index (Phi) is 4.10. The van der Waals surface area contributed by atoms with Crippen LogP contribution >= 0.6 is 12.2 Å². The third-order valence-corrected chi connectivity index (χ3v) is 2.76. The van der Waals surface area contributed by atoms with E-state index in [9.17, 15) is 0 Å². The number of aromatic nitrogens is 2. The summed E-state index contributed by atoms with van der Waals surface area (Å²) in [6, 6.07) is 11.6. The lowest BCUT2D eigenvalue weighted by molar-refractivity contribution is 0.295. The maximum atomic E-state index is 5.64. The van der Waals surface area contributed by atoms with Gasteiger partial charge >= 0.3 is 0 Å². The number of H-pyrrole nitrogens is 1. The molecule has 3 nitrogen and oxygen atoms in total. The van der Waals surface area contributed by atoms with Crippen molar-refractivity contribution in [3.8, 4) is 5.75 Å². The molecule has 0 atom stereocenters. The maximum Gasteiger partial charge on any atom is 0.146 e. The quantitative estimate of drug-likeness (QED) is 0.849. The second-order valence-corrected chi connectivity index (χ2v) is 4.80. The molecule has 0 aliphatic heterocycles. The summed E-state index contributed by atoms with van der Waals surface area (Å²) in [5.74, 6) is 1.98. The normalized spacial score (nSPS) is 10.6. The molecule has 0 saturated carbocycles. The lowest BCUT2D eigenvalue weighted by Crippen LogP contribution is -2.05. The largest absolute Gasteiger partial charge is 0.486 e. The molecule has 0 unspecified atom stereocenters. The van der Waals surface area contributed by atoms with Crippen LogP contribution in [0.25, 0.3) is 0 Å². The second kappa shape index (κ2) is 5.78. The number of para-hydroxylation sites is 1. The first-order valence-corrected chi connectivity index (χ1v) is 6.34. The fourth-order valence-electron chi connectivity index (χ4n) is 1.58. The molecule has 0 bridgehead atoms. The fourth-order valence-corrected chi connectivity index (χ4v) is 1.81. The van der Waals surface area contributed by atoms with Crippen molar-refractivity contribution >= 4 is 12.2 Å². The molecular weight excluding hydrogens is 244 g/mol. The van der Waals surface area contributed by atoms with E-state index in [4.69, 9.17) is 17.0 Å². The van der Waals surface area contributed by atoms with Crippen molar-refractivity contribution in [3.05, 3.63) is 52.6 Å². The van der Waals surface area contributed by atoms with Gasteiger partial charge in [0.1, 0.15) is 22.8 Å². The van der Waals surface area contributed by atoms with Gasteiger partial charge in [0.15, 0.2) is 0 Å². The molecule has 0 fully saturated rings. The first-order chi connectivity index (χ1) is 8.65. The van der Waals surface area contributed by atoms with Crippen molar-refractivity contribution in [2.24, 2.45) is 0 Å². The Morgan fingerprint density at radius 2 is 2.00 bits per heavy atom. The SMILES string of the molecule is CC(C)c1cc(=S)nc(COc2ccccc2)[nH]1. The first kappa shape index (κ1) is 12.8. The van der Waals surface area contributed by atoms with E-state index in [0.717, 1.165) is 17.3 Å². The molecule has 0 amide bonds. The van der Waals surface area contributed by atoms with Gasteiger partial charge in [-0.1, -0.05) is 44.3 Å². The van der Waals surface area contributed by atoms with E-state index < -0.39 is 0 Å². The maximum absolute atomic E-state index is 5.64. The Bertz CT molecular complexity index is 564. The highest BCUT2D eigenvalue weighted by molar-refractivity contribution is 7.71. The lowest BCUT2D eigenvalue weighted by atomic mass is 10.1. The molecule has 0 aliphatic carbocycles. The molecule has 4 heteroatoms. The van der Waals surface area contributed by atoms with Crippen molar-refractivity contribution in [3.63, 3.8) is 0 Å². The molecule has 94 valence electrons. The zero-order valence-corrected chi connectivity index (χ0v) is 11.3. The van der Waals surface area contributed by atoms with Gasteiger partial charge < -0.3 is 9.72 Å². The minimum absolute atomic E-state index is 0.394. The third-order valence-electron chi connectivity index (χ3n) is 2.55. The van der Waals surface area contributed by atoms with Crippen LogP contribution in [0.4, 0.5) is 0 Å². The number of nitrogens with one attached hydrogen (secondary N) is 1. The summed E-state index contributed by atoms with van der Waals surface area (Å²) in [7, 11) is 0. The molecule has 1 aromatic heterocycles. The van der Waals surface area contributed by atoms with Gasteiger partial charge in [-0.3, -0.25) is 0 Å². The van der Waals surface area contributed by atoms with Crippen molar-refractivity contribution < 1.29 is 4.74 Å². The molecule has 1 N–H and O–H groups in total. The third kappa shape index (κ3) is 3.40. The van der Waals surface area contributed by atoms with E-state index in [1.807, 2.05) is 36.4 Å². The van der Waals surface area contributed by atoms with Gasteiger partial charge in [0, 0.05) is 5.69 Å². The molecule has 2 aromatic rings. The molecule has 0 aliphatic rings. The highest BCUT2D eigenvalue weighted by atomic mass is 32.1. The highest BCUT2D eigenvalue weighted by Gasteiger charge is 2.03. The summed E-state index contributed by atoms with van der Waals surface area (Å²) < 4.78 is 6.24. The lowest BCUT2D eigenvalue weighted by Gasteiger charge is -2.09. The predicted octanol–water partition coefficient (Wildman–Crippen LogP) is 3.84. The zero-order chi connectivity index (χ0) is 13.0. The van der Waals surface area contributed by atoms with Crippen LogP contribution in [0.2, 0.25) is 0 Å². The first-order valence-electron chi connectivity index (χ1n) is 5.93. The van der Waals surface area contributed by atoms with Crippen LogP contribution in [0.1, 0.15) is 31.3 Å². The summed E-state index contributed by atoms with van der Waals surface area (Å²) in [6.07, 6.45) is 0. The molecule has 1 aromatic carbocycles. The smallest absolute Gasteiger partial charge is 0.146 e. The summed E-state index contributed by atoms with van der Waals surface area (Å²) in [5.41, 5.74) is 1.08. The van der Waals surface area contributed by atoms with Gasteiger partial charge in [0.2, 0.25) is 0 Å². The van der Waals surface area contributed by atoms with Gasteiger partial charge in [-0.15, -0.1) is 0 Å². The zero-order valence-electron chi connectivity index (χ0n) is 10.5. The summed E-state index contributed by atoms with van der Waals surface area (Å²) in [6.45, 7) is 4.62. The van der Waals surface area contributed by atoms with Crippen molar-refractivity contribution in [1.29, 1.82) is 0 Å². The Balaban J connectivity index is 2.12. The number of benzene rings is 1. The molecule has 1 heterocycles.